The Kier molecular flexibility index (Phi) is 6.32. The van der Waals surface area contributed by atoms with Crippen molar-refractivity contribution in [2.75, 3.05) is 5.32 Å². The van der Waals surface area contributed by atoms with E-state index in [1.54, 1.807) is 36.4 Å². The summed E-state index contributed by atoms with van der Waals surface area (Å²) in [5.74, 6) is -1.61. The molecular formula is C21H18ClFN2O3S. The maximum Gasteiger partial charge on any atom is 0.258 e. The number of anilines is 1. The first-order valence-electron chi connectivity index (χ1n) is 8.67. The highest BCUT2D eigenvalue weighted by atomic mass is 35.5. The Morgan fingerprint density at radius 1 is 1.03 bits per heavy atom. The Morgan fingerprint density at radius 2 is 1.76 bits per heavy atom. The summed E-state index contributed by atoms with van der Waals surface area (Å²) in [4.78, 5) is 12.3. The van der Waals surface area contributed by atoms with Gasteiger partial charge in [0.15, 0.2) is 0 Å². The zero-order valence-corrected chi connectivity index (χ0v) is 17.0. The molecule has 0 spiro atoms. The number of benzene rings is 3. The van der Waals surface area contributed by atoms with Gasteiger partial charge in [-0.15, -0.1) is 0 Å². The topological polar surface area (TPSA) is 75.3 Å². The van der Waals surface area contributed by atoms with Crippen LogP contribution in [0.15, 0.2) is 71.6 Å². The van der Waals surface area contributed by atoms with Gasteiger partial charge < -0.3 is 5.32 Å². The molecule has 0 fully saturated rings. The molecule has 3 rings (SSSR count). The minimum absolute atomic E-state index is 0.0734. The molecule has 0 aliphatic heterocycles. The van der Waals surface area contributed by atoms with Crippen molar-refractivity contribution in [2.45, 2.75) is 18.4 Å². The van der Waals surface area contributed by atoms with Crippen LogP contribution in [0.5, 0.6) is 0 Å². The quantitative estimate of drug-likeness (QED) is 0.601. The van der Waals surface area contributed by atoms with Crippen molar-refractivity contribution in [2.24, 2.45) is 0 Å². The molecular weight excluding hydrogens is 415 g/mol. The smallest absolute Gasteiger partial charge is 0.258 e. The highest BCUT2D eigenvalue weighted by Gasteiger charge is 2.19. The van der Waals surface area contributed by atoms with E-state index in [1.807, 2.05) is 13.0 Å². The first-order valence-corrected chi connectivity index (χ1v) is 10.5. The van der Waals surface area contributed by atoms with Gasteiger partial charge in [0.1, 0.15) is 5.82 Å². The molecule has 29 heavy (non-hydrogen) atoms. The summed E-state index contributed by atoms with van der Waals surface area (Å²) in [7, 11) is -3.93. The second kappa shape index (κ2) is 8.73. The minimum atomic E-state index is -3.93. The molecule has 0 aliphatic carbocycles. The molecule has 0 aliphatic rings. The first kappa shape index (κ1) is 21.0. The number of aryl methyl sites for hydroxylation is 1. The van der Waals surface area contributed by atoms with E-state index in [0.717, 1.165) is 29.3 Å². The summed E-state index contributed by atoms with van der Waals surface area (Å²) in [6, 6.07) is 16.9. The van der Waals surface area contributed by atoms with Gasteiger partial charge in [0, 0.05) is 17.3 Å². The van der Waals surface area contributed by atoms with Gasteiger partial charge >= 0.3 is 0 Å². The van der Waals surface area contributed by atoms with Gasteiger partial charge in [-0.1, -0.05) is 48.0 Å². The van der Waals surface area contributed by atoms with Gasteiger partial charge in [0.25, 0.3) is 5.91 Å². The lowest BCUT2D eigenvalue weighted by molar-refractivity contribution is 0.102. The Balaban J connectivity index is 1.81. The van der Waals surface area contributed by atoms with Crippen molar-refractivity contribution in [3.05, 3.63) is 94.3 Å². The van der Waals surface area contributed by atoms with Crippen LogP contribution in [0.4, 0.5) is 10.1 Å². The molecule has 2 N–H and O–H groups in total. The average Bonchev–Trinajstić information content (AvgIpc) is 2.70. The van der Waals surface area contributed by atoms with Crippen LogP contribution in [0, 0.1) is 12.7 Å². The van der Waals surface area contributed by atoms with Crippen LogP contribution >= 0.6 is 11.6 Å². The monoisotopic (exact) mass is 432 g/mol. The highest BCUT2D eigenvalue weighted by Crippen LogP contribution is 2.22. The van der Waals surface area contributed by atoms with Crippen molar-refractivity contribution in [1.29, 1.82) is 0 Å². The number of hydrogen-bond acceptors (Lipinski definition) is 3. The van der Waals surface area contributed by atoms with E-state index in [2.05, 4.69) is 10.0 Å². The molecule has 0 heterocycles. The lowest BCUT2D eigenvalue weighted by Crippen LogP contribution is -2.24. The van der Waals surface area contributed by atoms with Gasteiger partial charge in [-0.25, -0.2) is 17.5 Å². The Bertz CT molecular complexity index is 1150. The molecule has 3 aromatic rings. The van der Waals surface area contributed by atoms with Crippen molar-refractivity contribution >= 4 is 33.2 Å². The molecule has 1 amide bonds. The van der Waals surface area contributed by atoms with E-state index in [1.165, 1.54) is 6.07 Å². The third-order valence-electron chi connectivity index (χ3n) is 4.23. The van der Waals surface area contributed by atoms with Crippen LogP contribution in [-0.2, 0) is 16.6 Å². The number of sulfonamides is 1. The van der Waals surface area contributed by atoms with E-state index in [-0.39, 0.29) is 17.0 Å². The number of hydrogen-bond donors (Lipinski definition) is 2. The largest absolute Gasteiger partial charge is 0.322 e. The van der Waals surface area contributed by atoms with Gasteiger partial charge in [0.05, 0.1) is 10.5 Å². The predicted molar refractivity (Wildman–Crippen MR) is 111 cm³/mol. The summed E-state index contributed by atoms with van der Waals surface area (Å²) >= 11 is 6.03. The fraction of sp³-hybridized carbons (Fsp3) is 0.0952. The van der Waals surface area contributed by atoms with Gasteiger partial charge in [-0.2, -0.15) is 0 Å². The van der Waals surface area contributed by atoms with Gasteiger partial charge in [-0.3, -0.25) is 4.79 Å². The number of carbonyl (C=O) groups excluding carboxylic acids is 1. The number of halogens is 2. The molecule has 0 atom stereocenters. The van der Waals surface area contributed by atoms with E-state index >= 15 is 0 Å². The molecule has 0 radical (unpaired) electrons. The number of carbonyl (C=O) groups is 1. The maximum absolute atomic E-state index is 14.2. The van der Waals surface area contributed by atoms with Crippen LogP contribution in [0.3, 0.4) is 0 Å². The molecule has 0 unspecified atom stereocenters. The standard InChI is InChI=1S/C21H18ClFN2O3S/c1-14-7-8-16(11-19(14)22)25-21(26)18-12-17(9-10-20(18)23)29(27,28)24-13-15-5-3-2-4-6-15/h2-12,24H,13H2,1H3,(H,25,26). The van der Waals surface area contributed by atoms with E-state index in [0.29, 0.717) is 10.7 Å². The van der Waals surface area contributed by atoms with E-state index < -0.39 is 21.7 Å². The third kappa shape index (κ3) is 5.20. The second-order valence-electron chi connectivity index (χ2n) is 6.37. The third-order valence-corrected chi connectivity index (χ3v) is 6.04. The van der Waals surface area contributed by atoms with Crippen LogP contribution in [0.25, 0.3) is 0 Å². The Morgan fingerprint density at radius 3 is 2.45 bits per heavy atom. The maximum atomic E-state index is 14.2. The first-order chi connectivity index (χ1) is 13.8. The predicted octanol–water partition coefficient (Wildman–Crippen LogP) is 4.52. The molecule has 3 aromatic carbocycles. The summed E-state index contributed by atoms with van der Waals surface area (Å²) in [5.41, 5.74) is 1.59. The van der Waals surface area contributed by atoms with E-state index in [9.17, 15) is 17.6 Å². The normalized spacial score (nSPS) is 11.3. The fourth-order valence-corrected chi connectivity index (χ4v) is 3.80. The summed E-state index contributed by atoms with van der Waals surface area (Å²) in [6.45, 7) is 1.88. The summed E-state index contributed by atoms with van der Waals surface area (Å²) in [6.07, 6.45) is 0. The Hall–Kier alpha value is -2.74. The van der Waals surface area contributed by atoms with Gasteiger partial charge in [-0.05, 0) is 48.4 Å². The second-order valence-corrected chi connectivity index (χ2v) is 8.54. The SMILES string of the molecule is Cc1ccc(NC(=O)c2cc(S(=O)(=O)NCc3ccccc3)ccc2F)cc1Cl. The number of rotatable bonds is 6. The van der Waals surface area contributed by atoms with Crippen molar-refractivity contribution in [1.82, 2.24) is 4.72 Å². The zero-order valence-electron chi connectivity index (χ0n) is 15.4. The molecule has 150 valence electrons. The number of amides is 1. The lowest BCUT2D eigenvalue weighted by atomic mass is 10.2. The summed E-state index contributed by atoms with van der Waals surface area (Å²) < 4.78 is 41.7. The van der Waals surface area contributed by atoms with Crippen molar-refractivity contribution < 1.29 is 17.6 Å². The molecule has 8 heteroatoms. The molecule has 5 nitrogen and oxygen atoms in total. The molecule has 0 saturated heterocycles. The van der Waals surface area contributed by atoms with Crippen molar-refractivity contribution in [3.63, 3.8) is 0 Å². The van der Waals surface area contributed by atoms with E-state index in [4.69, 9.17) is 11.6 Å². The highest BCUT2D eigenvalue weighted by molar-refractivity contribution is 7.89. The summed E-state index contributed by atoms with van der Waals surface area (Å²) in [5, 5.41) is 2.97. The Labute approximate surface area is 173 Å². The van der Waals surface area contributed by atoms with Gasteiger partial charge in [0.2, 0.25) is 10.0 Å². The van der Waals surface area contributed by atoms with Crippen LogP contribution in [0.1, 0.15) is 21.5 Å². The fourth-order valence-electron chi connectivity index (χ4n) is 2.57. The molecule has 0 aromatic heterocycles. The van der Waals surface area contributed by atoms with Crippen LogP contribution in [-0.4, -0.2) is 14.3 Å². The lowest BCUT2D eigenvalue weighted by Gasteiger charge is -2.11. The van der Waals surface area contributed by atoms with Crippen LogP contribution in [0.2, 0.25) is 5.02 Å². The zero-order chi connectivity index (χ0) is 21.0. The minimum Gasteiger partial charge on any atom is -0.322 e. The molecule has 0 saturated carbocycles. The van der Waals surface area contributed by atoms with Crippen molar-refractivity contribution in [3.8, 4) is 0 Å². The molecule has 0 bridgehead atoms. The van der Waals surface area contributed by atoms with Crippen LogP contribution < -0.4 is 10.0 Å². The number of nitrogens with one attached hydrogen (secondary N) is 2. The average molecular weight is 433 g/mol.